The lowest BCUT2D eigenvalue weighted by atomic mass is 10.0. The molecule has 2 fully saturated rings. The first-order valence-corrected chi connectivity index (χ1v) is 15.5. The van der Waals surface area contributed by atoms with E-state index < -0.39 is 11.6 Å². The first kappa shape index (κ1) is 32.1. The van der Waals surface area contributed by atoms with Gasteiger partial charge in [0, 0.05) is 37.8 Å². The fourth-order valence-corrected chi connectivity index (χ4v) is 6.29. The maximum atomic E-state index is 15.9. The van der Waals surface area contributed by atoms with Gasteiger partial charge in [0.15, 0.2) is 5.82 Å². The molecular weight excluding hydrogens is 579 g/mol. The molecule has 1 aliphatic carbocycles. The smallest absolute Gasteiger partial charge is 0.270 e. The van der Waals surface area contributed by atoms with Crippen molar-refractivity contribution in [3.05, 3.63) is 42.6 Å². The molecule has 1 atom stereocenters. The van der Waals surface area contributed by atoms with Gasteiger partial charge in [-0.2, -0.15) is 4.98 Å². The number of benzene rings is 1. The Kier molecular flexibility index (Phi) is 9.56. The number of nitrogens with one attached hydrogen (secondary N) is 2. The molecule has 1 aromatic heterocycles. The highest BCUT2D eigenvalue weighted by molar-refractivity contribution is 6.04. The van der Waals surface area contributed by atoms with E-state index in [9.17, 15) is 14.4 Å². The van der Waals surface area contributed by atoms with Gasteiger partial charge < -0.3 is 35.0 Å². The van der Waals surface area contributed by atoms with Crippen molar-refractivity contribution in [3.63, 3.8) is 0 Å². The first-order valence-electron chi connectivity index (χ1n) is 15.5. The molecule has 3 amide bonds. The molecule has 1 unspecified atom stereocenters. The van der Waals surface area contributed by atoms with Gasteiger partial charge in [0.2, 0.25) is 17.5 Å². The summed E-state index contributed by atoms with van der Waals surface area (Å²) in [5, 5.41) is 6.26. The number of fused-ring (bicyclic) bond motifs is 1. The van der Waals surface area contributed by atoms with E-state index in [1.807, 2.05) is 28.8 Å². The van der Waals surface area contributed by atoms with E-state index in [-0.39, 0.29) is 36.4 Å². The van der Waals surface area contributed by atoms with Crippen LogP contribution in [0.5, 0.6) is 5.75 Å². The number of alkyl halides is 1. The molecule has 0 radical (unpaired) electrons. The van der Waals surface area contributed by atoms with Crippen LogP contribution in [0.1, 0.15) is 48.9 Å². The Morgan fingerprint density at radius 3 is 2.56 bits per heavy atom. The van der Waals surface area contributed by atoms with Crippen LogP contribution in [0.2, 0.25) is 0 Å². The zero-order valence-electron chi connectivity index (χ0n) is 26.5. The fourth-order valence-electron chi connectivity index (χ4n) is 6.29. The van der Waals surface area contributed by atoms with Gasteiger partial charge in [-0.3, -0.25) is 14.4 Å². The summed E-state index contributed by atoms with van der Waals surface area (Å²) in [4.78, 5) is 54.6. The van der Waals surface area contributed by atoms with Gasteiger partial charge in [-0.1, -0.05) is 19.4 Å². The topological polar surface area (TPSA) is 123 Å². The Hall–Kier alpha value is -4.26. The Morgan fingerprint density at radius 1 is 1.20 bits per heavy atom. The Labute approximate surface area is 263 Å². The van der Waals surface area contributed by atoms with Gasteiger partial charge in [-0.05, 0) is 64.1 Å². The molecule has 2 aromatic rings. The van der Waals surface area contributed by atoms with Crippen molar-refractivity contribution in [2.24, 2.45) is 0 Å². The molecule has 2 aliphatic heterocycles. The Balaban J connectivity index is 1.31. The maximum Gasteiger partial charge on any atom is 0.270 e. The van der Waals surface area contributed by atoms with Gasteiger partial charge in [0.25, 0.3) is 11.8 Å². The van der Waals surface area contributed by atoms with Crippen molar-refractivity contribution in [2.45, 2.75) is 56.3 Å². The van der Waals surface area contributed by atoms with Crippen LogP contribution in [0, 0.1) is 0 Å². The number of carbonyl (C=O) groups is 3. The number of aromatic nitrogens is 2. The highest BCUT2D eigenvalue weighted by Gasteiger charge is 2.46. The fraction of sp³-hybridized carbons (Fsp3) is 0.531. The largest absolute Gasteiger partial charge is 0.495 e. The summed E-state index contributed by atoms with van der Waals surface area (Å²) in [6, 6.07) is 5.07. The lowest BCUT2D eigenvalue weighted by Gasteiger charge is -2.33. The Bertz CT molecular complexity index is 1440. The van der Waals surface area contributed by atoms with Crippen molar-refractivity contribution in [1.82, 2.24) is 25.1 Å². The SMILES string of the molecule is C=CC1(F)CN(C2CCCC2)c2nc(Nc3ccc(C(=O)NC4CCN(C(=O)CN(C)C)CC4)cc3OC)ncc2N(C)C1=O. The first-order chi connectivity index (χ1) is 21.5. The van der Waals surface area contributed by atoms with E-state index in [1.54, 1.807) is 18.2 Å². The normalized spacial score (nSPS) is 21.0. The number of hydrogen-bond acceptors (Lipinski definition) is 9. The Morgan fingerprint density at radius 2 is 1.91 bits per heavy atom. The van der Waals surface area contributed by atoms with Crippen molar-refractivity contribution in [1.29, 1.82) is 0 Å². The minimum absolute atomic E-state index is 0.0327. The predicted octanol–water partition coefficient (Wildman–Crippen LogP) is 3.13. The number of carbonyl (C=O) groups excluding carboxylic acids is 3. The third-order valence-corrected chi connectivity index (χ3v) is 8.88. The number of anilines is 4. The number of piperidine rings is 1. The molecule has 3 heterocycles. The van der Waals surface area contributed by atoms with E-state index in [1.165, 1.54) is 25.3 Å². The molecule has 1 aromatic carbocycles. The maximum absolute atomic E-state index is 15.9. The summed E-state index contributed by atoms with van der Waals surface area (Å²) in [6.07, 6.45) is 7.77. The van der Waals surface area contributed by atoms with Crippen molar-refractivity contribution in [2.75, 3.05) is 69.5 Å². The predicted molar refractivity (Wildman–Crippen MR) is 171 cm³/mol. The van der Waals surface area contributed by atoms with Crippen LogP contribution >= 0.6 is 0 Å². The van der Waals surface area contributed by atoms with Crippen LogP contribution in [-0.4, -0.2) is 110 Å². The van der Waals surface area contributed by atoms with E-state index in [2.05, 4.69) is 22.2 Å². The molecule has 3 aliphatic rings. The van der Waals surface area contributed by atoms with E-state index in [4.69, 9.17) is 9.72 Å². The zero-order chi connectivity index (χ0) is 32.3. The summed E-state index contributed by atoms with van der Waals surface area (Å²) < 4.78 is 21.5. The number of methoxy groups -OCH3 is 1. The average Bonchev–Trinajstić information content (AvgIpc) is 3.55. The van der Waals surface area contributed by atoms with E-state index in [0.29, 0.717) is 61.0 Å². The second kappa shape index (κ2) is 13.4. The van der Waals surface area contributed by atoms with Crippen LogP contribution in [-0.2, 0) is 9.59 Å². The highest BCUT2D eigenvalue weighted by atomic mass is 19.1. The molecule has 2 N–H and O–H groups in total. The average molecular weight is 623 g/mol. The second-order valence-corrected chi connectivity index (χ2v) is 12.3. The van der Waals surface area contributed by atoms with Gasteiger partial charge in [-0.25, -0.2) is 9.37 Å². The van der Waals surface area contributed by atoms with Gasteiger partial charge >= 0.3 is 0 Å². The number of halogens is 1. The van der Waals surface area contributed by atoms with Crippen LogP contribution in [0.15, 0.2) is 37.1 Å². The third kappa shape index (κ3) is 6.87. The van der Waals surface area contributed by atoms with Gasteiger partial charge in [0.1, 0.15) is 11.4 Å². The summed E-state index contributed by atoms with van der Waals surface area (Å²) in [5.41, 5.74) is -0.863. The summed E-state index contributed by atoms with van der Waals surface area (Å²) in [6.45, 7) is 5.02. The van der Waals surface area contributed by atoms with Crippen LogP contribution in [0.4, 0.5) is 27.5 Å². The lowest BCUT2D eigenvalue weighted by Crippen LogP contribution is -2.49. The third-order valence-electron chi connectivity index (χ3n) is 8.88. The van der Waals surface area contributed by atoms with Crippen molar-refractivity contribution < 1.29 is 23.5 Å². The molecule has 13 heteroatoms. The lowest BCUT2D eigenvalue weighted by molar-refractivity contribution is -0.132. The number of hydrogen-bond donors (Lipinski definition) is 2. The molecule has 12 nitrogen and oxygen atoms in total. The molecule has 5 rings (SSSR count). The molecular formula is C32H43FN8O4. The van der Waals surface area contributed by atoms with Crippen LogP contribution in [0.25, 0.3) is 0 Å². The molecule has 1 saturated carbocycles. The molecule has 242 valence electrons. The summed E-state index contributed by atoms with van der Waals surface area (Å²) in [5.74, 6) is 0.294. The number of ether oxygens (including phenoxy) is 1. The monoisotopic (exact) mass is 622 g/mol. The number of likely N-dealkylation sites (N-methyl/N-ethyl adjacent to an activating group) is 1. The highest BCUT2D eigenvalue weighted by Crippen LogP contribution is 2.40. The molecule has 1 saturated heterocycles. The minimum Gasteiger partial charge on any atom is -0.495 e. The summed E-state index contributed by atoms with van der Waals surface area (Å²) in [7, 11) is 6.77. The number of likely N-dealkylation sites (tertiary alicyclic amines) is 1. The quantitative estimate of drug-likeness (QED) is 0.406. The molecule has 0 bridgehead atoms. The molecule has 45 heavy (non-hydrogen) atoms. The number of amides is 3. The number of nitrogens with zero attached hydrogens (tertiary/aromatic N) is 6. The standard InChI is InChI=1S/C32H43FN8O4/c1-6-32(33)20-41(23-9-7-8-10-23)28-25(39(4)30(32)44)18-34-31(37-28)36-24-12-11-21(17-26(24)45-5)29(43)35-22-13-15-40(16-14-22)27(42)19-38(2)3/h6,11-12,17-18,22-23H,1,7-10,13-16,19-20H2,2-5H3,(H,35,43)(H,34,36,37). The van der Waals surface area contributed by atoms with E-state index >= 15 is 4.39 Å². The van der Waals surface area contributed by atoms with Gasteiger partial charge in [0.05, 0.1) is 32.1 Å². The van der Waals surface area contributed by atoms with Crippen LogP contribution < -0.4 is 25.2 Å². The minimum atomic E-state index is -2.26. The zero-order valence-corrected chi connectivity index (χ0v) is 26.5. The van der Waals surface area contributed by atoms with Gasteiger partial charge in [-0.15, -0.1) is 0 Å². The molecule has 0 spiro atoms. The summed E-state index contributed by atoms with van der Waals surface area (Å²) >= 11 is 0. The van der Waals surface area contributed by atoms with Crippen molar-refractivity contribution >= 4 is 40.9 Å². The second-order valence-electron chi connectivity index (χ2n) is 12.3. The number of rotatable bonds is 9. The van der Waals surface area contributed by atoms with Crippen molar-refractivity contribution in [3.8, 4) is 5.75 Å². The van der Waals surface area contributed by atoms with Crippen LogP contribution in [0.3, 0.4) is 0 Å². The van der Waals surface area contributed by atoms with E-state index in [0.717, 1.165) is 31.8 Å².